The predicted molar refractivity (Wildman–Crippen MR) is 79.8 cm³/mol. The molecule has 2 aliphatic heterocycles. The maximum Gasteiger partial charge on any atom is 0.222 e. The Morgan fingerprint density at radius 2 is 1.95 bits per heavy atom. The van der Waals surface area contributed by atoms with Crippen molar-refractivity contribution in [1.82, 2.24) is 15.5 Å². The molecular weight excluding hydrogens is 254 g/mol. The molecule has 0 bridgehead atoms. The van der Waals surface area contributed by atoms with E-state index in [1.54, 1.807) is 0 Å². The van der Waals surface area contributed by atoms with Gasteiger partial charge in [0, 0.05) is 19.5 Å². The lowest BCUT2D eigenvalue weighted by Crippen LogP contribution is -2.38. The highest BCUT2D eigenvalue weighted by Crippen LogP contribution is 2.08. The Labute approximate surface area is 122 Å². The van der Waals surface area contributed by atoms with Crippen molar-refractivity contribution in [3.63, 3.8) is 0 Å². The Bertz CT molecular complexity index is 248. The van der Waals surface area contributed by atoms with Crippen LogP contribution in [-0.2, 0) is 9.53 Å². The number of ether oxygens (including phenoxy) is 1. The molecule has 5 heteroatoms. The van der Waals surface area contributed by atoms with Crippen LogP contribution in [0.2, 0.25) is 0 Å². The molecule has 0 saturated carbocycles. The molecule has 0 atom stereocenters. The van der Waals surface area contributed by atoms with E-state index in [2.05, 4.69) is 15.5 Å². The first-order valence-electron chi connectivity index (χ1n) is 8.16. The van der Waals surface area contributed by atoms with Crippen molar-refractivity contribution in [3.05, 3.63) is 0 Å². The first-order chi connectivity index (χ1) is 9.84. The summed E-state index contributed by atoms with van der Waals surface area (Å²) in [7, 11) is 0. The van der Waals surface area contributed by atoms with Crippen LogP contribution in [0, 0.1) is 0 Å². The summed E-state index contributed by atoms with van der Waals surface area (Å²) in [4.78, 5) is 14.1. The number of hydrogen-bond donors (Lipinski definition) is 2. The molecule has 0 aliphatic carbocycles. The predicted octanol–water partition coefficient (Wildman–Crippen LogP) is 0.747. The van der Waals surface area contributed by atoms with Crippen LogP contribution in [0.25, 0.3) is 0 Å². The van der Waals surface area contributed by atoms with Crippen LogP contribution in [0.15, 0.2) is 0 Å². The Kier molecular flexibility index (Phi) is 7.33. The van der Waals surface area contributed by atoms with E-state index in [1.807, 2.05) is 0 Å². The first kappa shape index (κ1) is 15.7. The molecule has 116 valence electrons. The molecule has 2 N–H and O–H groups in total. The number of rotatable bonds is 7. The molecule has 2 fully saturated rings. The second-order valence-electron chi connectivity index (χ2n) is 5.82. The molecule has 1 amide bonds. The number of nitrogens with zero attached hydrogens (tertiary/aromatic N) is 1. The van der Waals surface area contributed by atoms with Gasteiger partial charge in [-0.15, -0.1) is 0 Å². The van der Waals surface area contributed by atoms with Gasteiger partial charge in [-0.25, -0.2) is 0 Å². The van der Waals surface area contributed by atoms with Crippen LogP contribution in [-0.4, -0.2) is 62.8 Å². The summed E-state index contributed by atoms with van der Waals surface area (Å²) < 4.78 is 5.74. The number of hydrogen-bond acceptors (Lipinski definition) is 4. The minimum Gasteiger partial charge on any atom is -0.378 e. The number of amides is 1. The van der Waals surface area contributed by atoms with E-state index in [9.17, 15) is 4.79 Å². The van der Waals surface area contributed by atoms with Gasteiger partial charge in [0.1, 0.15) is 0 Å². The molecule has 0 aromatic rings. The highest BCUT2D eigenvalue weighted by molar-refractivity contribution is 5.75. The van der Waals surface area contributed by atoms with E-state index < -0.39 is 0 Å². The summed E-state index contributed by atoms with van der Waals surface area (Å²) in [6.07, 6.45) is 6.93. The molecule has 2 saturated heterocycles. The number of carbonyl (C=O) groups excluding carboxylic acids is 1. The van der Waals surface area contributed by atoms with Crippen LogP contribution in [0.1, 0.15) is 38.5 Å². The van der Waals surface area contributed by atoms with Gasteiger partial charge in [-0.05, 0) is 51.9 Å². The molecule has 0 spiro atoms. The summed E-state index contributed by atoms with van der Waals surface area (Å²) in [5.74, 6) is 0.121. The van der Waals surface area contributed by atoms with Gasteiger partial charge in [0.2, 0.25) is 5.91 Å². The molecule has 2 heterocycles. The lowest BCUT2D eigenvalue weighted by atomic mass is 10.1. The molecule has 0 unspecified atom stereocenters. The SMILES string of the molecule is O=C(CCOC1CCNCC1)NCCN1CCCCC1. The summed E-state index contributed by atoms with van der Waals surface area (Å²) in [5, 5.41) is 6.30. The second kappa shape index (κ2) is 9.32. The number of likely N-dealkylation sites (tertiary alicyclic amines) is 1. The topological polar surface area (TPSA) is 53.6 Å². The van der Waals surface area contributed by atoms with Crippen molar-refractivity contribution in [1.29, 1.82) is 0 Å². The summed E-state index contributed by atoms with van der Waals surface area (Å²) in [5.41, 5.74) is 0. The molecule has 0 radical (unpaired) electrons. The summed E-state index contributed by atoms with van der Waals surface area (Å²) in [6.45, 7) is 6.76. The second-order valence-corrected chi connectivity index (χ2v) is 5.82. The molecular formula is C15H29N3O2. The molecule has 20 heavy (non-hydrogen) atoms. The van der Waals surface area contributed by atoms with Gasteiger partial charge in [0.05, 0.1) is 12.7 Å². The minimum absolute atomic E-state index is 0.121. The lowest BCUT2D eigenvalue weighted by molar-refractivity contribution is -0.122. The van der Waals surface area contributed by atoms with Crippen molar-refractivity contribution in [2.75, 3.05) is 45.9 Å². The fourth-order valence-corrected chi connectivity index (χ4v) is 2.91. The Morgan fingerprint density at radius 3 is 2.70 bits per heavy atom. The average molecular weight is 283 g/mol. The zero-order valence-electron chi connectivity index (χ0n) is 12.5. The number of piperidine rings is 2. The van der Waals surface area contributed by atoms with Crippen molar-refractivity contribution >= 4 is 5.91 Å². The van der Waals surface area contributed by atoms with E-state index >= 15 is 0 Å². The van der Waals surface area contributed by atoms with Crippen LogP contribution in [0.4, 0.5) is 0 Å². The molecule has 2 aliphatic rings. The minimum atomic E-state index is 0.121. The first-order valence-corrected chi connectivity index (χ1v) is 8.16. The standard InChI is InChI=1S/C15H29N3O2/c19-15(6-13-20-14-4-7-16-8-5-14)17-9-12-18-10-2-1-3-11-18/h14,16H,1-13H2,(H,17,19). The van der Waals surface area contributed by atoms with Crippen LogP contribution >= 0.6 is 0 Å². The largest absolute Gasteiger partial charge is 0.378 e. The van der Waals surface area contributed by atoms with E-state index in [0.717, 1.165) is 39.0 Å². The summed E-state index contributed by atoms with van der Waals surface area (Å²) in [6, 6.07) is 0. The van der Waals surface area contributed by atoms with Crippen LogP contribution in [0.5, 0.6) is 0 Å². The number of nitrogens with one attached hydrogen (secondary N) is 2. The van der Waals surface area contributed by atoms with E-state index in [0.29, 0.717) is 19.1 Å². The zero-order valence-corrected chi connectivity index (χ0v) is 12.5. The third-order valence-electron chi connectivity index (χ3n) is 4.17. The highest BCUT2D eigenvalue weighted by atomic mass is 16.5. The average Bonchev–Trinajstić information content (AvgIpc) is 2.49. The van der Waals surface area contributed by atoms with Gasteiger partial charge in [0.25, 0.3) is 0 Å². The molecule has 0 aromatic heterocycles. The Hall–Kier alpha value is -0.650. The third kappa shape index (κ3) is 6.20. The van der Waals surface area contributed by atoms with Crippen molar-refractivity contribution in [3.8, 4) is 0 Å². The maximum atomic E-state index is 11.7. The van der Waals surface area contributed by atoms with Gasteiger partial charge in [-0.3, -0.25) is 4.79 Å². The van der Waals surface area contributed by atoms with Crippen LogP contribution < -0.4 is 10.6 Å². The van der Waals surface area contributed by atoms with Gasteiger partial charge in [-0.2, -0.15) is 0 Å². The monoisotopic (exact) mass is 283 g/mol. The van der Waals surface area contributed by atoms with Crippen molar-refractivity contribution in [2.24, 2.45) is 0 Å². The zero-order chi connectivity index (χ0) is 14.0. The third-order valence-corrected chi connectivity index (χ3v) is 4.17. The van der Waals surface area contributed by atoms with Crippen LogP contribution in [0.3, 0.4) is 0 Å². The maximum absolute atomic E-state index is 11.7. The molecule has 0 aromatic carbocycles. The van der Waals surface area contributed by atoms with Crippen molar-refractivity contribution < 1.29 is 9.53 Å². The fraction of sp³-hybridized carbons (Fsp3) is 0.933. The van der Waals surface area contributed by atoms with Gasteiger partial charge in [0.15, 0.2) is 0 Å². The van der Waals surface area contributed by atoms with E-state index in [1.165, 1.54) is 32.4 Å². The molecule has 5 nitrogen and oxygen atoms in total. The van der Waals surface area contributed by atoms with Gasteiger partial charge in [-0.1, -0.05) is 6.42 Å². The van der Waals surface area contributed by atoms with Crippen molar-refractivity contribution in [2.45, 2.75) is 44.6 Å². The highest BCUT2D eigenvalue weighted by Gasteiger charge is 2.14. The quantitative estimate of drug-likeness (QED) is 0.724. The van der Waals surface area contributed by atoms with Gasteiger partial charge < -0.3 is 20.3 Å². The van der Waals surface area contributed by atoms with E-state index in [4.69, 9.17) is 4.74 Å². The lowest BCUT2D eigenvalue weighted by Gasteiger charge is -2.26. The fourth-order valence-electron chi connectivity index (χ4n) is 2.91. The normalized spacial score (nSPS) is 21.8. The van der Waals surface area contributed by atoms with E-state index in [-0.39, 0.29) is 5.91 Å². The summed E-state index contributed by atoms with van der Waals surface area (Å²) >= 11 is 0. The Balaban J connectivity index is 1.45. The molecule has 2 rings (SSSR count). The smallest absolute Gasteiger partial charge is 0.222 e. The number of carbonyl (C=O) groups is 1. The Morgan fingerprint density at radius 1 is 1.20 bits per heavy atom. The van der Waals surface area contributed by atoms with Gasteiger partial charge >= 0.3 is 0 Å².